The zero-order valence-corrected chi connectivity index (χ0v) is 15.4. The molecule has 0 atom stereocenters. The molecule has 0 unspecified atom stereocenters. The van der Waals surface area contributed by atoms with Gasteiger partial charge in [0.15, 0.2) is 5.82 Å². The third-order valence-corrected chi connectivity index (χ3v) is 4.41. The number of hydrogen-bond acceptors (Lipinski definition) is 4. The van der Waals surface area contributed by atoms with Crippen LogP contribution in [-0.4, -0.2) is 57.9 Å². The van der Waals surface area contributed by atoms with Gasteiger partial charge in [-0.1, -0.05) is 6.07 Å². The molecule has 3 rings (SSSR count). The van der Waals surface area contributed by atoms with E-state index >= 15 is 0 Å². The number of carbonyl (C=O) groups excluding carboxylic acids is 1. The van der Waals surface area contributed by atoms with Crippen molar-refractivity contribution in [3.05, 3.63) is 35.8 Å². The molecule has 0 aromatic carbocycles. The first-order valence-corrected chi connectivity index (χ1v) is 8.75. The number of aryl methyl sites for hydroxylation is 1. The summed E-state index contributed by atoms with van der Waals surface area (Å²) in [5.41, 5.74) is 3.22. The Morgan fingerprint density at radius 2 is 1.88 bits per heavy atom. The van der Waals surface area contributed by atoms with Gasteiger partial charge in [0, 0.05) is 38.4 Å². The van der Waals surface area contributed by atoms with Crippen molar-refractivity contribution in [3.8, 4) is 5.82 Å². The summed E-state index contributed by atoms with van der Waals surface area (Å²) in [6, 6.07) is 6.00. The molecule has 2 aromatic heterocycles. The topological polar surface area (TPSA) is 66.3 Å². The van der Waals surface area contributed by atoms with Crippen molar-refractivity contribution in [2.75, 3.05) is 31.1 Å². The Labute approximate surface area is 148 Å². The van der Waals surface area contributed by atoms with Crippen LogP contribution in [0.2, 0.25) is 0 Å². The molecule has 2 aromatic rings. The van der Waals surface area contributed by atoms with Crippen LogP contribution in [0.25, 0.3) is 5.82 Å². The van der Waals surface area contributed by atoms with Crippen LogP contribution in [0.1, 0.15) is 25.2 Å². The Bertz CT molecular complexity index is 732. The lowest BCUT2D eigenvalue weighted by Crippen LogP contribution is -2.53. The molecule has 2 amide bonds. The van der Waals surface area contributed by atoms with Crippen molar-refractivity contribution in [2.24, 2.45) is 0 Å². The van der Waals surface area contributed by atoms with E-state index in [-0.39, 0.29) is 12.1 Å². The second-order valence-electron chi connectivity index (χ2n) is 6.70. The Balaban J connectivity index is 1.74. The van der Waals surface area contributed by atoms with Gasteiger partial charge in [-0.25, -0.2) is 14.5 Å². The van der Waals surface area contributed by atoms with Crippen molar-refractivity contribution in [2.45, 2.75) is 33.7 Å². The molecular formula is C18H26N6O. The lowest BCUT2D eigenvalue weighted by atomic mass is 10.2. The molecular weight excluding hydrogens is 316 g/mol. The summed E-state index contributed by atoms with van der Waals surface area (Å²) >= 11 is 0. The fourth-order valence-electron chi connectivity index (χ4n) is 3.27. The number of hydrogen-bond donors (Lipinski definition) is 1. The van der Waals surface area contributed by atoms with E-state index in [0.717, 1.165) is 36.0 Å². The van der Waals surface area contributed by atoms with Crippen LogP contribution in [0, 0.1) is 13.8 Å². The lowest BCUT2D eigenvalue weighted by molar-refractivity contribution is 0.192. The van der Waals surface area contributed by atoms with E-state index < -0.39 is 0 Å². The quantitative estimate of drug-likeness (QED) is 0.928. The van der Waals surface area contributed by atoms with E-state index in [0.29, 0.717) is 13.1 Å². The van der Waals surface area contributed by atoms with Crippen molar-refractivity contribution >= 4 is 11.7 Å². The summed E-state index contributed by atoms with van der Waals surface area (Å²) in [6.07, 6.45) is 1.78. The molecule has 25 heavy (non-hydrogen) atoms. The molecule has 0 spiro atoms. The minimum absolute atomic E-state index is 0.0206. The average molecular weight is 342 g/mol. The Morgan fingerprint density at radius 3 is 2.48 bits per heavy atom. The fourth-order valence-corrected chi connectivity index (χ4v) is 3.27. The van der Waals surface area contributed by atoms with Crippen molar-refractivity contribution in [1.29, 1.82) is 0 Å². The van der Waals surface area contributed by atoms with Gasteiger partial charge in [-0.05, 0) is 39.8 Å². The molecule has 7 nitrogen and oxygen atoms in total. The summed E-state index contributed by atoms with van der Waals surface area (Å²) in [5.74, 6) is 0.823. The molecule has 1 aliphatic heterocycles. The first-order valence-electron chi connectivity index (χ1n) is 8.75. The molecule has 0 bridgehead atoms. The van der Waals surface area contributed by atoms with Crippen LogP contribution < -0.4 is 10.2 Å². The summed E-state index contributed by atoms with van der Waals surface area (Å²) in [6.45, 7) is 11.1. The summed E-state index contributed by atoms with van der Waals surface area (Å²) in [5, 5.41) is 7.63. The second-order valence-corrected chi connectivity index (χ2v) is 6.70. The number of nitrogens with zero attached hydrogens (tertiary/aromatic N) is 5. The number of anilines is 1. The van der Waals surface area contributed by atoms with Gasteiger partial charge in [-0.3, -0.25) is 0 Å². The predicted molar refractivity (Wildman–Crippen MR) is 98.3 cm³/mol. The summed E-state index contributed by atoms with van der Waals surface area (Å²) in [7, 11) is 0. The van der Waals surface area contributed by atoms with Crippen LogP contribution in [0.3, 0.4) is 0 Å². The highest BCUT2D eigenvalue weighted by atomic mass is 16.2. The molecule has 134 valence electrons. The van der Waals surface area contributed by atoms with Gasteiger partial charge in [-0.2, -0.15) is 5.10 Å². The Hall–Kier alpha value is -2.57. The molecule has 1 N–H and O–H groups in total. The van der Waals surface area contributed by atoms with Gasteiger partial charge < -0.3 is 15.1 Å². The van der Waals surface area contributed by atoms with Gasteiger partial charge in [-0.15, -0.1) is 0 Å². The number of carbonyl (C=O) groups is 1. The van der Waals surface area contributed by atoms with E-state index in [9.17, 15) is 4.79 Å². The largest absolute Gasteiger partial charge is 0.365 e. The first-order chi connectivity index (χ1) is 12.0. The normalized spacial score (nSPS) is 14.9. The van der Waals surface area contributed by atoms with Crippen molar-refractivity contribution < 1.29 is 4.79 Å². The number of nitrogens with one attached hydrogen (secondary N) is 1. The third kappa shape index (κ3) is 3.60. The lowest BCUT2D eigenvalue weighted by Gasteiger charge is -2.36. The maximum atomic E-state index is 12.1. The fraction of sp³-hybridized carbons (Fsp3) is 0.500. The van der Waals surface area contributed by atoms with E-state index in [1.54, 1.807) is 6.20 Å². The van der Waals surface area contributed by atoms with Crippen LogP contribution >= 0.6 is 0 Å². The number of urea groups is 1. The Morgan fingerprint density at radius 1 is 1.16 bits per heavy atom. The van der Waals surface area contributed by atoms with Crippen molar-refractivity contribution in [1.82, 2.24) is 25.0 Å². The molecule has 1 fully saturated rings. The minimum atomic E-state index is 0.0206. The van der Waals surface area contributed by atoms with Gasteiger partial charge in [0.05, 0.1) is 17.1 Å². The number of aromatic nitrogens is 3. The monoisotopic (exact) mass is 342 g/mol. The van der Waals surface area contributed by atoms with Gasteiger partial charge in [0.2, 0.25) is 0 Å². The van der Waals surface area contributed by atoms with E-state index in [2.05, 4.69) is 27.2 Å². The zero-order chi connectivity index (χ0) is 18.0. The van der Waals surface area contributed by atoms with E-state index in [1.807, 2.05) is 48.6 Å². The van der Waals surface area contributed by atoms with E-state index in [4.69, 9.17) is 0 Å². The molecule has 7 heteroatoms. The smallest absolute Gasteiger partial charge is 0.317 e. The van der Waals surface area contributed by atoms with Gasteiger partial charge in [0.25, 0.3) is 0 Å². The molecule has 3 heterocycles. The van der Waals surface area contributed by atoms with Gasteiger partial charge >= 0.3 is 6.03 Å². The summed E-state index contributed by atoms with van der Waals surface area (Å²) < 4.78 is 1.89. The Kier molecular flexibility index (Phi) is 4.92. The number of amides is 2. The zero-order valence-electron chi connectivity index (χ0n) is 15.4. The van der Waals surface area contributed by atoms with Crippen LogP contribution in [0.5, 0.6) is 0 Å². The first kappa shape index (κ1) is 17.3. The molecule has 1 saturated heterocycles. The summed E-state index contributed by atoms with van der Waals surface area (Å²) in [4.78, 5) is 20.7. The predicted octanol–water partition coefficient (Wildman–Crippen LogP) is 2.12. The molecule has 0 saturated carbocycles. The van der Waals surface area contributed by atoms with Crippen molar-refractivity contribution in [3.63, 3.8) is 0 Å². The van der Waals surface area contributed by atoms with Crippen LogP contribution in [0.4, 0.5) is 10.5 Å². The molecule has 1 aliphatic rings. The maximum absolute atomic E-state index is 12.1. The standard InChI is InChI=1S/C18H26N6O/c1-13(2)20-18(25)23-11-9-22(10-12-23)17-14(3)21-24(15(17)4)16-7-5-6-8-19-16/h5-8,13H,9-12H2,1-4H3,(H,20,25). The highest BCUT2D eigenvalue weighted by Gasteiger charge is 2.25. The highest BCUT2D eigenvalue weighted by Crippen LogP contribution is 2.27. The molecule has 0 radical (unpaired) electrons. The SMILES string of the molecule is Cc1nn(-c2ccccn2)c(C)c1N1CCN(C(=O)NC(C)C)CC1. The highest BCUT2D eigenvalue weighted by molar-refractivity contribution is 5.75. The number of pyridine rings is 1. The number of rotatable bonds is 3. The van der Waals surface area contributed by atoms with Crippen LogP contribution in [0.15, 0.2) is 24.4 Å². The minimum Gasteiger partial charge on any atom is -0.365 e. The second kappa shape index (κ2) is 7.13. The molecule has 0 aliphatic carbocycles. The average Bonchev–Trinajstić information content (AvgIpc) is 2.90. The van der Waals surface area contributed by atoms with E-state index in [1.165, 1.54) is 0 Å². The van der Waals surface area contributed by atoms with Gasteiger partial charge in [0.1, 0.15) is 0 Å². The third-order valence-electron chi connectivity index (χ3n) is 4.41. The van der Waals surface area contributed by atoms with Crippen LogP contribution in [-0.2, 0) is 0 Å². The number of piperazine rings is 1. The maximum Gasteiger partial charge on any atom is 0.317 e.